The van der Waals surface area contributed by atoms with E-state index in [0.29, 0.717) is 53.2 Å². The quantitative estimate of drug-likeness (QED) is 0.172. The van der Waals surface area contributed by atoms with Crippen LogP contribution in [0, 0.1) is 12.7 Å². The van der Waals surface area contributed by atoms with Crippen LogP contribution in [0.2, 0.25) is 0 Å². The average Bonchev–Trinajstić information content (AvgIpc) is 3.07. The summed E-state index contributed by atoms with van der Waals surface area (Å²) in [6.07, 6.45) is 4.83. The molecular formula is C38H39FN6O4. The van der Waals surface area contributed by atoms with Crippen LogP contribution in [0.5, 0.6) is 11.6 Å². The minimum absolute atomic E-state index is 0.0372. The Balaban J connectivity index is 1.21. The fourth-order valence-corrected chi connectivity index (χ4v) is 5.78. The van der Waals surface area contributed by atoms with Gasteiger partial charge in [0.1, 0.15) is 17.2 Å². The monoisotopic (exact) mass is 662 g/mol. The lowest BCUT2D eigenvalue weighted by Gasteiger charge is -2.34. The predicted octanol–water partition coefficient (Wildman–Crippen LogP) is 7.92. The lowest BCUT2D eigenvalue weighted by molar-refractivity contribution is -0.115. The molecule has 0 saturated carbocycles. The van der Waals surface area contributed by atoms with Gasteiger partial charge in [-0.3, -0.25) is 4.79 Å². The van der Waals surface area contributed by atoms with Crippen LogP contribution >= 0.6 is 0 Å². The molecule has 1 atom stereocenters. The number of aromatic nitrogens is 3. The summed E-state index contributed by atoms with van der Waals surface area (Å²) in [5.74, 6) is 0.839. The highest BCUT2D eigenvalue weighted by atomic mass is 19.1. The summed E-state index contributed by atoms with van der Waals surface area (Å²) in [6, 6.07) is 20.9. The summed E-state index contributed by atoms with van der Waals surface area (Å²) >= 11 is 0. The third-order valence-corrected chi connectivity index (χ3v) is 8.07. The minimum Gasteiger partial charge on any atom is -0.444 e. The molecule has 6 rings (SSSR count). The number of aryl methyl sites for hydroxylation is 1. The van der Waals surface area contributed by atoms with Crippen molar-refractivity contribution in [3.05, 3.63) is 102 Å². The van der Waals surface area contributed by atoms with Gasteiger partial charge in [0.05, 0.1) is 17.7 Å². The number of nitrogens with one attached hydrogen (secondary N) is 2. The van der Waals surface area contributed by atoms with Gasteiger partial charge in [0.15, 0.2) is 0 Å². The highest BCUT2D eigenvalue weighted by Crippen LogP contribution is 2.38. The number of anilines is 2. The lowest BCUT2D eigenvalue weighted by Crippen LogP contribution is -2.47. The largest absolute Gasteiger partial charge is 0.444 e. The Morgan fingerprint density at radius 3 is 2.57 bits per heavy atom. The number of ether oxygens (including phenoxy) is 2. The SMILES string of the molecule is Cc1ccc2c(NC(=O)Cc3ccc(F)cc3)cccc2c1Oc1ncccc1-c1ccnc(N[C@H]2CCCN(C(=O)OC(C)(C)C)C2)n1. The number of pyridine rings is 1. The van der Waals surface area contributed by atoms with Gasteiger partial charge >= 0.3 is 6.09 Å². The Morgan fingerprint density at radius 1 is 0.959 bits per heavy atom. The summed E-state index contributed by atoms with van der Waals surface area (Å²) in [5.41, 5.74) is 2.96. The first kappa shape index (κ1) is 33.3. The summed E-state index contributed by atoms with van der Waals surface area (Å²) < 4.78 is 25.5. The van der Waals surface area contributed by atoms with Crippen LogP contribution in [-0.2, 0) is 16.0 Å². The molecular weight excluding hydrogens is 623 g/mol. The smallest absolute Gasteiger partial charge is 0.410 e. The van der Waals surface area contributed by atoms with E-state index >= 15 is 0 Å². The number of amides is 2. The number of piperidine rings is 1. The standard InChI is InChI=1S/C38H39FN6O4/c1-24-12-17-28-29(9-5-11-31(28)43-33(46)22-25-13-15-26(39)16-14-25)34(24)48-35-30(10-6-19-40-35)32-18-20-41-36(44-32)42-27-8-7-21-45(23-27)37(47)49-38(2,3)4/h5-6,9-20,27H,7-8,21-23H2,1-4H3,(H,43,46)(H,41,42,44)/t27-/m0/s1. The molecule has 0 unspecified atom stereocenters. The number of hydrogen-bond donors (Lipinski definition) is 2. The molecule has 10 nitrogen and oxygen atoms in total. The highest BCUT2D eigenvalue weighted by molar-refractivity contribution is 6.05. The van der Waals surface area contributed by atoms with Gasteiger partial charge in [-0.25, -0.2) is 24.1 Å². The van der Waals surface area contributed by atoms with Crippen LogP contribution in [-0.4, -0.2) is 56.6 Å². The molecule has 5 aromatic rings. The third-order valence-electron chi connectivity index (χ3n) is 8.07. The second kappa shape index (κ2) is 14.3. The molecule has 1 aliphatic rings. The summed E-state index contributed by atoms with van der Waals surface area (Å²) in [5, 5.41) is 7.99. The zero-order valence-corrected chi connectivity index (χ0v) is 28.0. The first-order valence-electron chi connectivity index (χ1n) is 16.3. The van der Waals surface area contributed by atoms with Crippen molar-refractivity contribution in [3.8, 4) is 22.9 Å². The Morgan fingerprint density at radius 2 is 1.78 bits per heavy atom. The molecule has 252 valence electrons. The molecule has 1 fully saturated rings. The van der Waals surface area contributed by atoms with Crippen molar-refractivity contribution in [1.29, 1.82) is 0 Å². The second-order valence-corrected chi connectivity index (χ2v) is 13.1. The van der Waals surface area contributed by atoms with Gasteiger partial charge < -0.3 is 25.0 Å². The molecule has 0 bridgehead atoms. The van der Waals surface area contributed by atoms with E-state index in [1.54, 1.807) is 35.5 Å². The Labute approximate surface area is 284 Å². The normalized spacial score (nSPS) is 14.7. The van der Waals surface area contributed by atoms with Crippen molar-refractivity contribution in [1.82, 2.24) is 19.9 Å². The van der Waals surface area contributed by atoms with Gasteiger partial charge in [0, 0.05) is 48.0 Å². The van der Waals surface area contributed by atoms with Crippen molar-refractivity contribution in [2.24, 2.45) is 0 Å². The molecule has 1 aliphatic heterocycles. The van der Waals surface area contributed by atoms with Crippen molar-refractivity contribution < 1.29 is 23.5 Å². The highest BCUT2D eigenvalue weighted by Gasteiger charge is 2.28. The van der Waals surface area contributed by atoms with Crippen LogP contribution in [0.15, 0.2) is 85.2 Å². The van der Waals surface area contributed by atoms with Crippen LogP contribution in [0.1, 0.15) is 44.7 Å². The van der Waals surface area contributed by atoms with Crippen LogP contribution in [0.3, 0.4) is 0 Å². The number of fused-ring (bicyclic) bond motifs is 1. The molecule has 49 heavy (non-hydrogen) atoms. The Kier molecular flexibility index (Phi) is 9.70. The van der Waals surface area contributed by atoms with Crippen molar-refractivity contribution >= 4 is 34.4 Å². The molecule has 0 aliphatic carbocycles. The third kappa shape index (κ3) is 8.29. The van der Waals surface area contributed by atoms with E-state index in [-0.39, 0.29) is 30.3 Å². The van der Waals surface area contributed by atoms with E-state index in [1.807, 2.05) is 70.2 Å². The molecule has 2 amide bonds. The average molecular weight is 663 g/mol. The second-order valence-electron chi connectivity index (χ2n) is 13.1. The molecule has 0 radical (unpaired) electrons. The molecule has 2 N–H and O–H groups in total. The number of likely N-dealkylation sites (tertiary alicyclic amines) is 1. The first-order valence-corrected chi connectivity index (χ1v) is 16.3. The van der Waals surface area contributed by atoms with Gasteiger partial charge in [0.25, 0.3) is 0 Å². The van der Waals surface area contributed by atoms with Crippen molar-refractivity contribution in [2.75, 3.05) is 23.7 Å². The van der Waals surface area contributed by atoms with Crippen LogP contribution in [0.25, 0.3) is 22.0 Å². The predicted molar refractivity (Wildman–Crippen MR) is 187 cm³/mol. The number of carbonyl (C=O) groups is 2. The number of rotatable bonds is 8. The van der Waals surface area contributed by atoms with Gasteiger partial charge in [-0.05, 0) is 88.1 Å². The zero-order valence-electron chi connectivity index (χ0n) is 28.0. The fourth-order valence-electron chi connectivity index (χ4n) is 5.78. The summed E-state index contributed by atoms with van der Waals surface area (Å²) in [6.45, 7) is 8.66. The maximum Gasteiger partial charge on any atom is 0.410 e. The first-order chi connectivity index (χ1) is 23.5. The Hall–Kier alpha value is -5.58. The van der Waals surface area contributed by atoms with E-state index < -0.39 is 5.60 Å². The van der Waals surface area contributed by atoms with Gasteiger partial charge in [-0.15, -0.1) is 0 Å². The van der Waals surface area contributed by atoms with E-state index in [9.17, 15) is 14.0 Å². The van der Waals surface area contributed by atoms with Crippen LogP contribution < -0.4 is 15.4 Å². The van der Waals surface area contributed by atoms with E-state index in [0.717, 1.165) is 29.2 Å². The minimum atomic E-state index is -0.562. The molecule has 11 heteroatoms. The van der Waals surface area contributed by atoms with E-state index in [1.165, 1.54) is 12.1 Å². The van der Waals surface area contributed by atoms with Crippen molar-refractivity contribution in [2.45, 2.75) is 58.6 Å². The Bertz CT molecular complexity index is 1980. The van der Waals surface area contributed by atoms with Gasteiger partial charge in [0.2, 0.25) is 17.7 Å². The molecule has 1 saturated heterocycles. The number of benzene rings is 3. The molecule has 0 spiro atoms. The van der Waals surface area contributed by atoms with Gasteiger partial charge in [-0.1, -0.05) is 36.4 Å². The summed E-state index contributed by atoms with van der Waals surface area (Å²) in [4.78, 5) is 41.1. The maximum absolute atomic E-state index is 13.3. The molecule has 3 heterocycles. The van der Waals surface area contributed by atoms with Crippen LogP contribution in [0.4, 0.5) is 20.8 Å². The number of nitrogens with zero attached hydrogens (tertiary/aromatic N) is 4. The number of hydrogen-bond acceptors (Lipinski definition) is 8. The molecule has 3 aromatic carbocycles. The number of carbonyl (C=O) groups excluding carboxylic acids is 2. The molecule has 2 aromatic heterocycles. The van der Waals surface area contributed by atoms with Gasteiger partial charge in [-0.2, -0.15) is 0 Å². The zero-order chi connectivity index (χ0) is 34.5. The van der Waals surface area contributed by atoms with E-state index in [4.69, 9.17) is 14.5 Å². The van der Waals surface area contributed by atoms with E-state index in [2.05, 4.69) is 20.6 Å². The topological polar surface area (TPSA) is 119 Å². The number of halogens is 1. The lowest BCUT2D eigenvalue weighted by atomic mass is 10.0. The fraction of sp³-hybridized carbons (Fsp3) is 0.289. The summed E-state index contributed by atoms with van der Waals surface area (Å²) in [7, 11) is 0. The maximum atomic E-state index is 13.3. The van der Waals surface area contributed by atoms with Crippen molar-refractivity contribution in [3.63, 3.8) is 0 Å².